The molecule has 3 aromatic rings. The molecule has 0 atom stereocenters. The van der Waals surface area contributed by atoms with Crippen molar-refractivity contribution in [2.75, 3.05) is 48.9 Å². The normalized spacial score (nSPS) is 13.6. The van der Waals surface area contributed by atoms with Crippen LogP contribution in [0.25, 0.3) is 0 Å². The Morgan fingerprint density at radius 1 is 1.07 bits per heavy atom. The number of nitrogens with one attached hydrogen (secondary N) is 1. The third kappa shape index (κ3) is 5.92. The lowest BCUT2D eigenvalue weighted by molar-refractivity contribution is -0.106. The molecule has 0 spiro atoms. The van der Waals surface area contributed by atoms with Crippen molar-refractivity contribution in [1.82, 2.24) is 14.4 Å². The molecule has 0 aliphatic carbocycles. The highest BCUT2D eigenvalue weighted by molar-refractivity contribution is 7.85. The number of pyridine rings is 1. The van der Waals surface area contributed by atoms with Crippen molar-refractivity contribution in [2.24, 2.45) is 7.05 Å². The third-order valence-electron chi connectivity index (χ3n) is 6.97. The predicted octanol–water partition coefficient (Wildman–Crippen LogP) is 3.09. The molecule has 0 radical (unpaired) electrons. The van der Waals surface area contributed by atoms with E-state index in [2.05, 4.69) is 5.32 Å². The van der Waals surface area contributed by atoms with Gasteiger partial charge in [0.2, 0.25) is 6.41 Å². The quantitative estimate of drug-likeness (QED) is 0.430. The van der Waals surface area contributed by atoms with E-state index in [1.807, 2.05) is 0 Å². The monoisotopic (exact) mass is 581 g/mol. The molecule has 2 heterocycles. The van der Waals surface area contributed by atoms with Crippen molar-refractivity contribution in [3.05, 3.63) is 80.9 Å². The zero-order chi connectivity index (χ0) is 30.0. The summed E-state index contributed by atoms with van der Waals surface area (Å²) in [5.74, 6) is -0.608. The van der Waals surface area contributed by atoms with Crippen molar-refractivity contribution in [3.8, 4) is 0 Å². The maximum Gasteiger partial charge on any atom is 0.259 e. The number of rotatable bonds is 7. The van der Waals surface area contributed by atoms with E-state index in [1.54, 1.807) is 36.1 Å². The summed E-state index contributed by atoms with van der Waals surface area (Å²) in [5, 5.41) is 2.90. The van der Waals surface area contributed by atoms with Crippen molar-refractivity contribution < 1.29 is 23.0 Å². The highest BCUT2D eigenvalue weighted by Gasteiger charge is 2.30. The number of aromatic nitrogens is 1. The molecule has 1 aliphatic heterocycles. The summed E-state index contributed by atoms with van der Waals surface area (Å²) in [6.07, 6.45) is 0.470. The van der Waals surface area contributed by atoms with Crippen LogP contribution >= 0.6 is 0 Å². The molecule has 41 heavy (non-hydrogen) atoms. The van der Waals surface area contributed by atoms with Crippen LogP contribution in [0.15, 0.2) is 47.3 Å². The first-order valence-corrected chi connectivity index (χ1v) is 14.4. The van der Waals surface area contributed by atoms with Crippen LogP contribution in [0.2, 0.25) is 0 Å². The topological polar surface area (TPSA) is 112 Å². The highest BCUT2D eigenvalue weighted by atomic mass is 32.2. The van der Waals surface area contributed by atoms with E-state index in [-0.39, 0.29) is 39.9 Å². The van der Waals surface area contributed by atoms with Gasteiger partial charge in [-0.15, -0.1) is 0 Å². The van der Waals surface area contributed by atoms with Crippen molar-refractivity contribution in [2.45, 2.75) is 13.8 Å². The zero-order valence-corrected chi connectivity index (χ0v) is 24.4. The Labute approximate surface area is 239 Å². The largest absolute Gasteiger partial charge is 0.345 e. The van der Waals surface area contributed by atoms with E-state index in [4.69, 9.17) is 0 Å². The van der Waals surface area contributed by atoms with Crippen LogP contribution in [0, 0.1) is 19.7 Å². The second kappa shape index (κ2) is 12.0. The maximum atomic E-state index is 14.9. The number of nitrogens with zero attached hydrogens (tertiary/aromatic N) is 4. The maximum absolute atomic E-state index is 14.9. The summed E-state index contributed by atoms with van der Waals surface area (Å²) in [4.78, 5) is 57.0. The molecule has 1 aliphatic rings. The van der Waals surface area contributed by atoms with Gasteiger partial charge in [0.05, 0.1) is 11.4 Å². The van der Waals surface area contributed by atoms with Gasteiger partial charge in [-0.1, -0.05) is 12.1 Å². The molecule has 0 saturated carbocycles. The van der Waals surface area contributed by atoms with Gasteiger partial charge in [0.1, 0.15) is 17.2 Å². The average molecular weight is 582 g/mol. The molecule has 0 unspecified atom stereocenters. The number of hydrogen-bond acceptors (Lipinski definition) is 6. The van der Waals surface area contributed by atoms with Crippen LogP contribution in [0.1, 0.15) is 31.8 Å². The van der Waals surface area contributed by atoms with Gasteiger partial charge in [0, 0.05) is 73.4 Å². The standard InChI is InChI=1S/C29H32FN5O5S/c1-18-9-10-23(22(30)15-18)31-26-24(29(39)32(3)4)25(19(2)27(37)33(26)5)35(17-36)21-8-6-7-20(16-21)28(38)34-11-13-41(40)14-12-34/h6-10,15-17,31H,11-14H2,1-5H3. The Hall–Kier alpha value is -4.32. The van der Waals surface area contributed by atoms with Gasteiger partial charge < -0.3 is 15.1 Å². The van der Waals surface area contributed by atoms with E-state index in [1.165, 1.54) is 55.7 Å². The van der Waals surface area contributed by atoms with Gasteiger partial charge in [-0.3, -0.25) is 32.9 Å². The lowest BCUT2D eigenvalue weighted by Gasteiger charge is -2.28. The second-order valence-corrected chi connectivity index (χ2v) is 11.7. The van der Waals surface area contributed by atoms with Gasteiger partial charge >= 0.3 is 0 Å². The van der Waals surface area contributed by atoms with Crippen molar-refractivity contribution >= 4 is 51.9 Å². The average Bonchev–Trinajstić information content (AvgIpc) is 2.95. The number of hydrogen-bond donors (Lipinski definition) is 1. The molecular formula is C29H32FN5O5S. The number of halogens is 1. The number of benzene rings is 2. The molecule has 10 nitrogen and oxygen atoms in total. The summed E-state index contributed by atoms with van der Waals surface area (Å²) in [6, 6.07) is 10.8. The fourth-order valence-corrected chi connectivity index (χ4v) is 5.75. The smallest absolute Gasteiger partial charge is 0.259 e. The van der Waals surface area contributed by atoms with Crippen LogP contribution in [0.3, 0.4) is 0 Å². The molecule has 4 rings (SSSR count). The van der Waals surface area contributed by atoms with Crippen LogP contribution < -0.4 is 15.8 Å². The Kier molecular flexibility index (Phi) is 8.72. The predicted molar refractivity (Wildman–Crippen MR) is 157 cm³/mol. The molecular weight excluding hydrogens is 549 g/mol. The first-order chi connectivity index (χ1) is 19.4. The van der Waals surface area contributed by atoms with Gasteiger partial charge in [0.15, 0.2) is 0 Å². The van der Waals surface area contributed by atoms with Crippen LogP contribution in [0.5, 0.6) is 0 Å². The fourth-order valence-electron chi connectivity index (χ4n) is 4.70. The number of anilines is 4. The van der Waals surface area contributed by atoms with E-state index in [0.717, 1.165) is 4.90 Å². The summed E-state index contributed by atoms with van der Waals surface area (Å²) in [5.41, 5.74) is 0.857. The Morgan fingerprint density at radius 3 is 2.37 bits per heavy atom. The van der Waals surface area contributed by atoms with Gasteiger partial charge in [-0.2, -0.15) is 0 Å². The van der Waals surface area contributed by atoms with E-state index < -0.39 is 28.1 Å². The molecule has 2 aromatic carbocycles. The molecule has 1 fully saturated rings. The zero-order valence-electron chi connectivity index (χ0n) is 23.6. The number of amides is 3. The minimum absolute atomic E-state index is 0.00236. The van der Waals surface area contributed by atoms with Crippen LogP contribution in [0.4, 0.5) is 27.3 Å². The summed E-state index contributed by atoms with van der Waals surface area (Å²) >= 11 is 0. The number of carbonyl (C=O) groups is 3. The Balaban J connectivity index is 1.89. The third-order valence-corrected chi connectivity index (χ3v) is 8.25. The van der Waals surface area contributed by atoms with E-state index in [9.17, 15) is 27.8 Å². The molecule has 1 saturated heterocycles. The lowest BCUT2D eigenvalue weighted by Crippen LogP contribution is -2.41. The van der Waals surface area contributed by atoms with Crippen LogP contribution in [-0.2, 0) is 22.6 Å². The Bertz CT molecular complexity index is 1610. The van der Waals surface area contributed by atoms with Gasteiger partial charge in [-0.25, -0.2) is 4.39 Å². The number of aryl methyl sites for hydroxylation is 1. The van der Waals surface area contributed by atoms with Crippen molar-refractivity contribution in [1.29, 1.82) is 0 Å². The van der Waals surface area contributed by atoms with Crippen molar-refractivity contribution in [3.63, 3.8) is 0 Å². The molecule has 3 amide bonds. The van der Waals surface area contributed by atoms with E-state index >= 15 is 0 Å². The van der Waals surface area contributed by atoms with Gasteiger partial charge in [-0.05, 0) is 49.7 Å². The SMILES string of the molecule is Cc1ccc(Nc2c(C(=O)N(C)C)c(N(C=O)c3cccc(C(=O)N4CCS(=O)CC4)c3)c(C)c(=O)n2C)c(F)c1. The molecule has 12 heteroatoms. The number of carbonyl (C=O) groups excluding carboxylic acids is 3. The molecule has 216 valence electrons. The molecule has 1 aromatic heterocycles. The Morgan fingerprint density at radius 2 is 1.76 bits per heavy atom. The minimum Gasteiger partial charge on any atom is -0.345 e. The highest BCUT2D eigenvalue weighted by Crippen LogP contribution is 2.36. The summed E-state index contributed by atoms with van der Waals surface area (Å²) < 4.78 is 27.8. The van der Waals surface area contributed by atoms with Crippen LogP contribution in [-0.4, -0.2) is 75.5 Å². The minimum atomic E-state index is -0.955. The van der Waals surface area contributed by atoms with Gasteiger partial charge in [0.25, 0.3) is 17.4 Å². The molecule has 0 bridgehead atoms. The first kappa shape index (κ1) is 29.7. The summed E-state index contributed by atoms with van der Waals surface area (Å²) in [6.45, 7) is 3.94. The summed E-state index contributed by atoms with van der Waals surface area (Å²) in [7, 11) is 3.55. The van der Waals surface area contributed by atoms with E-state index in [0.29, 0.717) is 42.1 Å². The lowest BCUT2D eigenvalue weighted by atomic mass is 10.0. The molecule has 1 N–H and O–H groups in total. The first-order valence-electron chi connectivity index (χ1n) is 12.9. The second-order valence-electron chi connectivity index (χ2n) is 10.0. The fraction of sp³-hybridized carbons (Fsp3) is 0.310.